The normalized spacial score (nSPS) is 10.9. The summed E-state index contributed by atoms with van der Waals surface area (Å²) in [6.07, 6.45) is 10.4. The van der Waals surface area contributed by atoms with Gasteiger partial charge in [0, 0.05) is 105 Å². The average molecular weight is 1200 g/mol. The van der Waals surface area contributed by atoms with Gasteiger partial charge in [0.2, 0.25) is 0 Å². The summed E-state index contributed by atoms with van der Waals surface area (Å²) in [5, 5.41) is 0. The standard InChI is InChI=1S/C52H38N8O2.2Pt/c1-55(2)37-13-9-15-39(29-37)57-35-59(51-23-7-5-21-49(51)57)41-17-11-19-43(31-41)61-45-25-27-53-47(33-45)48-34-46(26-28-54-48)62-44-20-12-18-42(32-44)60-36-58(50-22-6-8-24-52(50)60)40-16-10-14-38(30-40)56(3)4;;/h5-30H,1-4H3;;/q-4;;. The minimum atomic E-state index is 0. The molecular weight excluding hydrogens is 1160 g/mol. The van der Waals surface area contributed by atoms with Crippen molar-refractivity contribution in [3.8, 4) is 57.1 Å². The molecule has 4 heterocycles. The number of hydrogen-bond acceptors (Lipinski definition) is 6. The summed E-state index contributed by atoms with van der Waals surface area (Å²) in [7, 11) is 8.14. The van der Waals surface area contributed by atoms with Crippen molar-refractivity contribution < 1.29 is 60.7 Å². The molecular formula is C52H38N8O2Pt2-4. The molecule has 0 saturated heterocycles. The third-order valence-electron chi connectivity index (χ3n) is 10.3. The second kappa shape index (κ2) is 18.9. The van der Waals surface area contributed by atoms with E-state index < -0.39 is 0 Å². The molecule has 0 aliphatic rings. The maximum Gasteiger partial charge on any atom is 0.268 e. The topological polar surface area (TPSA) is 68.3 Å². The fraction of sp³-hybridized carbons (Fsp3) is 0.0769. The van der Waals surface area contributed by atoms with Crippen LogP contribution in [0.1, 0.15) is 0 Å². The molecule has 0 amide bonds. The van der Waals surface area contributed by atoms with Gasteiger partial charge in [-0.05, 0) is 60.2 Å². The molecule has 0 spiro atoms. The number of fused-ring (bicyclic) bond motifs is 2. The van der Waals surface area contributed by atoms with Crippen LogP contribution in [0.5, 0.6) is 23.0 Å². The van der Waals surface area contributed by atoms with Crippen molar-refractivity contribution in [1.82, 2.24) is 19.1 Å². The maximum absolute atomic E-state index is 6.33. The van der Waals surface area contributed by atoms with Crippen LogP contribution in [0.2, 0.25) is 0 Å². The Kier molecular flexibility index (Phi) is 12.9. The van der Waals surface area contributed by atoms with E-state index in [1.165, 1.54) is 0 Å². The minimum Gasteiger partial charge on any atom is -0.511 e. The molecule has 10 rings (SSSR count). The summed E-state index contributed by atoms with van der Waals surface area (Å²) in [6.45, 7) is 0. The van der Waals surface area contributed by atoms with Gasteiger partial charge in [-0.25, -0.2) is 0 Å². The summed E-state index contributed by atoms with van der Waals surface area (Å²) in [5.41, 5.74) is 10.6. The van der Waals surface area contributed by atoms with Crippen LogP contribution in [0.15, 0.2) is 158 Å². The maximum atomic E-state index is 6.33. The predicted molar refractivity (Wildman–Crippen MR) is 239 cm³/mol. The van der Waals surface area contributed by atoms with Gasteiger partial charge >= 0.3 is 0 Å². The molecule has 0 bridgehead atoms. The Morgan fingerprint density at radius 2 is 0.859 bits per heavy atom. The molecule has 0 fully saturated rings. The van der Waals surface area contributed by atoms with Gasteiger partial charge in [-0.15, -0.1) is 47.8 Å². The van der Waals surface area contributed by atoms with Crippen molar-refractivity contribution >= 4 is 33.4 Å². The predicted octanol–water partition coefficient (Wildman–Crippen LogP) is 9.10. The van der Waals surface area contributed by atoms with Crippen LogP contribution in [0.3, 0.4) is 0 Å². The van der Waals surface area contributed by atoms with Crippen molar-refractivity contribution in [2.75, 3.05) is 38.0 Å². The number of para-hydroxylation sites is 4. The van der Waals surface area contributed by atoms with E-state index in [0.29, 0.717) is 34.4 Å². The minimum absolute atomic E-state index is 0. The van der Waals surface area contributed by atoms with Crippen LogP contribution in [0, 0.1) is 36.9 Å². The third-order valence-corrected chi connectivity index (χ3v) is 10.3. The van der Waals surface area contributed by atoms with Gasteiger partial charge in [0.15, 0.2) is 0 Å². The first-order valence-electron chi connectivity index (χ1n) is 20.0. The van der Waals surface area contributed by atoms with Crippen LogP contribution in [-0.4, -0.2) is 47.3 Å². The van der Waals surface area contributed by atoms with Crippen molar-refractivity contribution in [1.29, 1.82) is 0 Å². The first-order chi connectivity index (χ1) is 30.3. The Bertz CT molecular complexity index is 3040. The zero-order chi connectivity index (χ0) is 42.2. The van der Waals surface area contributed by atoms with E-state index in [9.17, 15) is 0 Å². The second-order valence-corrected chi connectivity index (χ2v) is 14.9. The fourth-order valence-corrected chi connectivity index (χ4v) is 7.27. The number of aromatic nitrogens is 6. The van der Waals surface area contributed by atoms with E-state index in [4.69, 9.17) is 9.47 Å². The summed E-state index contributed by atoms with van der Waals surface area (Å²) in [6, 6.07) is 61.6. The molecule has 0 radical (unpaired) electrons. The van der Waals surface area contributed by atoms with Gasteiger partial charge in [0.1, 0.15) is 0 Å². The third kappa shape index (κ3) is 8.85. The molecule has 10 aromatic rings. The van der Waals surface area contributed by atoms with Crippen LogP contribution in [-0.2, 0) is 42.1 Å². The Morgan fingerprint density at radius 1 is 0.453 bits per heavy atom. The van der Waals surface area contributed by atoms with Gasteiger partial charge in [-0.3, -0.25) is 9.13 Å². The Labute approximate surface area is 400 Å². The van der Waals surface area contributed by atoms with Gasteiger partial charge in [0.25, 0.3) is 12.7 Å². The van der Waals surface area contributed by atoms with Crippen LogP contribution in [0.4, 0.5) is 11.4 Å². The number of pyridine rings is 2. The van der Waals surface area contributed by atoms with Crippen LogP contribution < -0.4 is 28.4 Å². The summed E-state index contributed by atoms with van der Waals surface area (Å²) in [5.74, 6) is 1.91. The molecule has 0 N–H and O–H groups in total. The zero-order valence-electron chi connectivity index (χ0n) is 35.0. The molecule has 4 aromatic heterocycles. The van der Waals surface area contributed by atoms with Gasteiger partial charge < -0.3 is 38.4 Å². The SMILES string of the molecule is CN(C)c1cccc(-n2[c-][n+](-c3[c-]c(Oc4[c-]c(-c5[c-]c(Oc6[c-]c(-[n+]7[c-]n(-c8cccc(N(C)C)c8)c8ccccc87)ccc6)ccn5)ncc4)ccc3)c3ccccc32)c1.[Pt].[Pt]. The van der Waals surface area contributed by atoms with Crippen LogP contribution >= 0.6 is 0 Å². The number of rotatable bonds is 11. The number of hydrogen-bond donors (Lipinski definition) is 0. The van der Waals surface area contributed by atoms with E-state index in [1.54, 1.807) is 24.5 Å². The molecule has 12 heteroatoms. The van der Waals surface area contributed by atoms with E-state index >= 15 is 0 Å². The Balaban J connectivity index is 0.00000280. The molecule has 0 aliphatic carbocycles. The first kappa shape index (κ1) is 43.8. The Morgan fingerprint density at radius 3 is 1.30 bits per heavy atom. The van der Waals surface area contributed by atoms with Crippen molar-refractivity contribution in [2.45, 2.75) is 0 Å². The molecule has 0 aliphatic heterocycles. The molecule has 0 saturated carbocycles. The number of imidazole rings is 2. The molecule has 322 valence electrons. The van der Waals surface area contributed by atoms with Gasteiger partial charge in [-0.1, -0.05) is 60.7 Å². The van der Waals surface area contributed by atoms with E-state index in [1.807, 2.05) is 98.0 Å². The monoisotopic (exact) mass is 1200 g/mol. The first-order valence-corrected chi connectivity index (χ1v) is 20.0. The quantitative estimate of drug-likeness (QED) is 0.0952. The summed E-state index contributed by atoms with van der Waals surface area (Å²) >= 11 is 0. The summed E-state index contributed by atoms with van der Waals surface area (Å²) < 4.78 is 20.8. The van der Waals surface area contributed by atoms with Crippen LogP contribution in [0.25, 0.3) is 56.2 Å². The van der Waals surface area contributed by atoms with Gasteiger partial charge in [0.05, 0.1) is 33.4 Å². The molecule has 64 heavy (non-hydrogen) atoms. The smallest absolute Gasteiger partial charge is 0.268 e. The molecule has 6 aromatic carbocycles. The molecule has 10 nitrogen and oxygen atoms in total. The largest absolute Gasteiger partial charge is 0.511 e. The van der Waals surface area contributed by atoms with Gasteiger partial charge in [-0.2, -0.15) is 36.4 Å². The molecule has 0 atom stereocenters. The average Bonchev–Trinajstić information content (AvgIpc) is 3.90. The van der Waals surface area contributed by atoms with Crippen molar-refractivity contribution in [2.24, 2.45) is 0 Å². The zero-order valence-corrected chi connectivity index (χ0v) is 39.6. The number of nitrogens with zero attached hydrogens (tertiary/aromatic N) is 8. The number of benzene rings is 6. The number of ether oxygens (including phenoxy) is 2. The Hall–Kier alpha value is -6.86. The number of anilines is 2. The fourth-order valence-electron chi connectivity index (χ4n) is 7.27. The second-order valence-electron chi connectivity index (χ2n) is 14.9. The van der Waals surface area contributed by atoms with E-state index in [0.717, 1.165) is 56.2 Å². The van der Waals surface area contributed by atoms with E-state index in [-0.39, 0.29) is 42.1 Å². The van der Waals surface area contributed by atoms with E-state index in [2.05, 4.69) is 139 Å². The molecule has 0 unspecified atom stereocenters. The van der Waals surface area contributed by atoms with Crippen molar-refractivity contribution in [3.63, 3.8) is 0 Å². The summed E-state index contributed by atoms with van der Waals surface area (Å²) in [4.78, 5) is 13.3. The van der Waals surface area contributed by atoms with Crippen molar-refractivity contribution in [3.05, 3.63) is 195 Å².